The highest BCUT2D eigenvalue weighted by molar-refractivity contribution is 5.74. The molecule has 5 nitrogen and oxygen atoms in total. The molecule has 172 valence electrons. The summed E-state index contributed by atoms with van der Waals surface area (Å²) in [4.78, 5) is 15.0. The first kappa shape index (κ1) is 22.8. The van der Waals surface area contributed by atoms with Gasteiger partial charge in [0.15, 0.2) is 0 Å². The van der Waals surface area contributed by atoms with Crippen molar-refractivity contribution in [2.45, 2.75) is 38.6 Å². The summed E-state index contributed by atoms with van der Waals surface area (Å²) in [7, 11) is 0. The Bertz CT molecular complexity index is 1000. The fourth-order valence-electron chi connectivity index (χ4n) is 4.00. The second-order valence-electron chi connectivity index (χ2n) is 8.31. The summed E-state index contributed by atoms with van der Waals surface area (Å²) in [6, 6.07) is 24.2. The van der Waals surface area contributed by atoms with Crippen LogP contribution in [0.1, 0.15) is 29.5 Å². The summed E-state index contributed by atoms with van der Waals surface area (Å²) < 4.78 is 19.1. The van der Waals surface area contributed by atoms with Crippen LogP contribution >= 0.6 is 0 Å². The fraction of sp³-hybridized carbons (Fsp3) is 0.296. The van der Waals surface area contributed by atoms with Crippen molar-refractivity contribution >= 4 is 6.03 Å². The van der Waals surface area contributed by atoms with E-state index < -0.39 is 0 Å². The molecule has 1 aliphatic heterocycles. The Balaban J connectivity index is 1.33. The Morgan fingerprint density at radius 3 is 2.27 bits per heavy atom. The molecule has 0 aromatic heterocycles. The molecule has 0 bridgehead atoms. The Morgan fingerprint density at radius 2 is 1.58 bits per heavy atom. The number of hydrogen-bond donors (Lipinski definition) is 2. The average Bonchev–Trinajstić information content (AvgIpc) is 2.87. The summed E-state index contributed by atoms with van der Waals surface area (Å²) >= 11 is 0. The van der Waals surface area contributed by atoms with Gasteiger partial charge in [-0.2, -0.15) is 0 Å². The number of urea groups is 1. The number of piperidine rings is 1. The topological polar surface area (TPSA) is 53.6 Å². The van der Waals surface area contributed by atoms with E-state index in [9.17, 15) is 9.18 Å². The highest BCUT2D eigenvalue weighted by Crippen LogP contribution is 2.18. The van der Waals surface area contributed by atoms with Crippen molar-refractivity contribution in [3.63, 3.8) is 0 Å². The number of halogens is 1. The van der Waals surface area contributed by atoms with Gasteiger partial charge in [-0.05, 0) is 66.9 Å². The highest BCUT2D eigenvalue weighted by Gasteiger charge is 2.25. The number of ether oxygens (including phenoxy) is 1. The van der Waals surface area contributed by atoms with Crippen molar-refractivity contribution in [3.8, 4) is 5.75 Å². The van der Waals surface area contributed by atoms with E-state index in [4.69, 9.17) is 4.74 Å². The largest absolute Gasteiger partial charge is 0.489 e. The number of amides is 2. The van der Waals surface area contributed by atoms with E-state index in [-0.39, 0.29) is 17.9 Å². The van der Waals surface area contributed by atoms with Gasteiger partial charge in [-0.15, -0.1) is 0 Å². The Morgan fingerprint density at radius 1 is 0.909 bits per heavy atom. The number of benzene rings is 3. The Hall–Kier alpha value is -3.38. The summed E-state index contributed by atoms with van der Waals surface area (Å²) in [5.74, 6) is 0.523. The number of carbonyl (C=O) groups excluding carboxylic acids is 1. The highest BCUT2D eigenvalue weighted by atomic mass is 19.1. The molecule has 1 aliphatic rings. The van der Waals surface area contributed by atoms with Gasteiger partial charge in [0, 0.05) is 19.1 Å². The lowest BCUT2D eigenvalue weighted by atomic mass is 10.0. The third-order valence-corrected chi connectivity index (χ3v) is 5.89. The van der Waals surface area contributed by atoms with Crippen molar-refractivity contribution in [1.82, 2.24) is 15.5 Å². The zero-order chi connectivity index (χ0) is 22.9. The smallest absolute Gasteiger partial charge is 0.318 e. The van der Waals surface area contributed by atoms with E-state index in [0.29, 0.717) is 19.7 Å². The molecule has 0 atom stereocenters. The van der Waals surface area contributed by atoms with Gasteiger partial charge in [0.05, 0.1) is 0 Å². The van der Waals surface area contributed by atoms with Gasteiger partial charge >= 0.3 is 6.03 Å². The molecule has 0 unspecified atom stereocenters. The molecule has 3 aromatic carbocycles. The molecule has 4 rings (SSSR count). The van der Waals surface area contributed by atoms with Gasteiger partial charge < -0.3 is 20.3 Å². The monoisotopic (exact) mass is 447 g/mol. The van der Waals surface area contributed by atoms with Crippen LogP contribution in [-0.4, -0.2) is 30.1 Å². The first-order valence-electron chi connectivity index (χ1n) is 11.4. The average molecular weight is 448 g/mol. The minimum atomic E-state index is -0.271. The van der Waals surface area contributed by atoms with Gasteiger partial charge in [0.1, 0.15) is 18.2 Å². The third kappa shape index (κ3) is 6.80. The van der Waals surface area contributed by atoms with Crippen molar-refractivity contribution in [3.05, 3.63) is 101 Å². The number of hydrogen-bond acceptors (Lipinski definition) is 3. The molecule has 0 radical (unpaired) electrons. The quantitative estimate of drug-likeness (QED) is 0.518. The maximum absolute atomic E-state index is 13.3. The van der Waals surface area contributed by atoms with E-state index in [1.165, 1.54) is 12.1 Å². The minimum absolute atomic E-state index is 0.101. The molecule has 0 spiro atoms. The molecule has 2 N–H and O–H groups in total. The standard InChI is InChI=1S/C27H30FN3O2/c28-24-10-6-22(7-11-24)19-31(25-14-16-29-17-15-25)27(32)30-18-21-8-12-26(13-9-21)33-20-23-4-2-1-3-5-23/h1-13,25,29H,14-20H2,(H,30,32). The van der Waals surface area contributed by atoms with E-state index in [0.717, 1.165) is 48.4 Å². The molecular formula is C27H30FN3O2. The molecule has 1 heterocycles. The van der Waals surface area contributed by atoms with Crippen LogP contribution in [0.4, 0.5) is 9.18 Å². The number of nitrogens with one attached hydrogen (secondary N) is 2. The van der Waals surface area contributed by atoms with Crippen LogP contribution < -0.4 is 15.4 Å². The summed E-state index contributed by atoms with van der Waals surface area (Å²) in [6.07, 6.45) is 1.81. The summed E-state index contributed by atoms with van der Waals surface area (Å²) in [5.41, 5.74) is 3.04. The molecule has 1 saturated heterocycles. The fourth-order valence-corrected chi connectivity index (χ4v) is 4.00. The lowest BCUT2D eigenvalue weighted by molar-refractivity contribution is 0.154. The Labute approximate surface area is 194 Å². The van der Waals surface area contributed by atoms with Gasteiger partial charge in [-0.25, -0.2) is 9.18 Å². The SMILES string of the molecule is O=C(NCc1ccc(OCc2ccccc2)cc1)N(Cc1ccc(F)cc1)C1CCNCC1. The molecule has 2 amide bonds. The molecule has 0 saturated carbocycles. The van der Waals surface area contributed by atoms with Gasteiger partial charge in [-0.3, -0.25) is 0 Å². The van der Waals surface area contributed by atoms with Crippen LogP contribution in [0.15, 0.2) is 78.9 Å². The molecule has 3 aromatic rings. The lowest BCUT2D eigenvalue weighted by Gasteiger charge is -2.35. The van der Waals surface area contributed by atoms with Crippen molar-refractivity contribution in [1.29, 1.82) is 0 Å². The van der Waals surface area contributed by atoms with E-state index in [1.807, 2.05) is 59.5 Å². The first-order chi connectivity index (χ1) is 16.2. The maximum Gasteiger partial charge on any atom is 0.318 e. The zero-order valence-corrected chi connectivity index (χ0v) is 18.7. The zero-order valence-electron chi connectivity index (χ0n) is 18.7. The maximum atomic E-state index is 13.3. The van der Waals surface area contributed by atoms with Crippen molar-refractivity contribution < 1.29 is 13.9 Å². The first-order valence-corrected chi connectivity index (χ1v) is 11.4. The second-order valence-corrected chi connectivity index (χ2v) is 8.31. The molecule has 1 fully saturated rings. The van der Waals surface area contributed by atoms with E-state index in [1.54, 1.807) is 12.1 Å². The van der Waals surface area contributed by atoms with Crippen LogP contribution in [0, 0.1) is 5.82 Å². The molecular weight excluding hydrogens is 417 g/mol. The van der Waals surface area contributed by atoms with Gasteiger partial charge in [0.2, 0.25) is 0 Å². The second kappa shape index (κ2) is 11.5. The third-order valence-electron chi connectivity index (χ3n) is 5.89. The van der Waals surface area contributed by atoms with Crippen molar-refractivity contribution in [2.75, 3.05) is 13.1 Å². The number of rotatable bonds is 8. The van der Waals surface area contributed by atoms with E-state index >= 15 is 0 Å². The van der Waals surface area contributed by atoms with Crippen LogP contribution in [0.2, 0.25) is 0 Å². The van der Waals surface area contributed by atoms with E-state index in [2.05, 4.69) is 10.6 Å². The van der Waals surface area contributed by atoms with Crippen LogP contribution in [0.3, 0.4) is 0 Å². The lowest BCUT2D eigenvalue weighted by Crippen LogP contribution is -2.49. The Kier molecular flexibility index (Phi) is 7.93. The van der Waals surface area contributed by atoms with Crippen LogP contribution in [0.25, 0.3) is 0 Å². The van der Waals surface area contributed by atoms with Crippen LogP contribution in [-0.2, 0) is 19.7 Å². The number of carbonyl (C=O) groups is 1. The summed E-state index contributed by atoms with van der Waals surface area (Å²) in [5, 5.41) is 6.40. The van der Waals surface area contributed by atoms with Crippen molar-refractivity contribution in [2.24, 2.45) is 0 Å². The predicted octanol–water partition coefficient (Wildman–Crippen LogP) is 4.87. The molecule has 33 heavy (non-hydrogen) atoms. The normalized spacial score (nSPS) is 14.0. The minimum Gasteiger partial charge on any atom is -0.489 e. The predicted molar refractivity (Wildman–Crippen MR) is 127 cm³/mol. The number of nitrogens with zero attached hydrogens (tertiary/aromatic N) is 1. The van der Waals surface area contributed by atoms with Crippen LogP contribution in [0.5, 0.6) is 5.75 Å². The molecule has 6 heteroatoms. The van der Waals surface area contributed by atoms with Gasteiger partial charge in [0.25, 0.3) is 0 Å². The molecule has 0 aliphatic carbocycles. The summed E-state index contributed by atoms with van der Waals surface area (Å²) in [6.45, 7) is 3.20. The van der Waals surface area contributed by atoms with Gasteiger partial charge in [-0.1, -0.05) is 54.6 Å².